The van der Waals surface area contributed by atoms with E-state index in [0.29, 0.717) is 28.5 Å². The van der Waals surface area contributed by atoms with Crippen molar-refractivity contribution in [3.63, 3.8) is 0 Å². The number of anilines is 1. The van der Waals surface area contributed by atoms with Gasteiger partial charge in [0, 0.05) is 21.4 Å². The van der Waals surface area contributed by atoms with Crippen LogP contribution in [0.25, 0.3) is 0 Å². The fraction of sp³-hybridized carbons (Fsp3) is 0.211. The number of ether oxygens (including phenoxy) is 2. The maximum absolute atomic E-state index is 12.2. The first-order valence-electron chi connectivity index (χ1n) is 8.04. The molecule has 2 N–H and O–H groups in total. The molecule has 0 aliphatic carbocycles. The summed E-state index contributed by atoms with van der Waals surface area (Å²) in [7, 11) is 3.01. The van der Waals surface area contributed by atoms with Crippen molar-refractivity contribution in [1.82, 2.24) is 5.43 Å². The highest BCUT2D eigenvalue weighted by molar-refractivity contribution is 9.10. The predicted molar refractivity (Wildman–Crippen MR) is 108 cm³/mol. The molecule has 142 valence electrons. The molecule has 2 amide bonds. The van der Waals surface area contributed by atoms with E-state index in [1.807, 2.05) is 12.1 Å². The van der Waals surface area contributed by atoms with Crippen molar-refractivity contribution in [3.05, 3.63) is 52.5 Å². The van der Waals surface area contributed by atoms with E-state index in [2.05, 4.69) is 31.8 Å². The zero-order valence-electron chi connectivity index (χ0n) is 15.2. The average Bonchev–Trinajstić information content (AvgIpc) is 2.67. The van der Waals surface area contributed by atoms with Gasteiger partial charge in [0.25, 0.3) is 5.91 Å². The van der Waals surface area contributed by atoms with Crippen LogP contribution in [0.15, 0.2) is 52.0 Å². The highest BCUT2D eigenvalue weighted by atomic mass is 79.9. The van der Waals surface area contributed by atoms with Crippen LogP contribution < -0.4 is 20.2 Å². The molecule has 0 unspecified atom stereocenters. The van der Waals surface area contributed by atoms with Crippen LogP contribution in [-0.2, 0) is 4.79 Å². The summed E-state index contributed by atoms with van der Waals surface area (Å²) < 4.78 is 11.2. The van der Waals surface area contributed by atoms with E-state index >= 15 is 0 Å². The Balaban J connectivity index is 1.93. The Morgan fingerprint density at radius 1 is 1.04 bits per heavy atom. The molecule has 0 atom stereocenters. The number of hydrogen-bond acceptors (Lipinski definition) is 5. The smallest absolute Gasteiger partial charge is 0.271 e. The van der Waals surface area contributed by atoms with Crippen LogP contribution in [0.2, 0.25) is 0 Å². The number of carbonyl (C=O) groups is 2. The lowest BCUT2D eigenvalue weighted by atomic mass is 10.2. The number of benzene rings is 2. The monoisotopic (exact) mass is 433 g/mol. The standard InChI is InChI=1S/C19H20BrN3O4/c1-12(10-18(24)21-15-7-5-14(20)6-8-15)22-23-19(25)13-4-9-16(26-2)17(11-13)27-3/h4-9,11H,10H2,1-3H3,(H,21,24)(H,23,25)/b22-12+. The molecule has 0 saturated heterocycles. The Morgan fingerprint density at radius 3 is 2.33 bits per heavy atom. The van der Waals surface area contributed by atoms with Crippen LogP contribution in [0.3, 0.4) is 0 Å². The molecule has 0 radical (unpaired) electrons. The second-order valence-corrected chi connectivity index (χ2v) is 6.51. The van der Waals surface area contributed by atoms with Crippen LogP contribution >= 0.6 is 15.9 Å². The zero-order valence-corrected chi connectivity index (χ0v) is 16.8. The number of methoxy groups -OCH3 is 2. The quantitative estimate of drug-likeness (QED) is 0.515. The number of nitrogens with one attached hydrogen (secondary N) is 2. The SMILES string of the molecule is COc1ccc(C(=O)N/N=C(\C)CC(=O)Nc2ccc(Br)cc2)cc1OC. The summed E-state index contributed by atoms with van der Waals surface area (Å²) in [6.07, 6.45) is 0.0578. The van der Waals surface area contributed by atoms with Gasteiger partial charge < -0.3 is 14.8 Å². The molecular formula is C19H20BrN3O4. The number of halogens is 1. The van der Waals surface area contributed by atoms with Gasteiger partial charge in [-0.1, -0.05) is 15.9 Å². The number of nitrogens with zero attached hydrogens (tertiary/aromatic N) is 1. The number of amides is 2. The number of carbonyl (C=O) groups excluding carboxylic acids is 2. The fourth-order valence-electron chi connectivity index (χ4n) is 2.20. The van der Waals surface area contributed by atoms with Gasteiger partial charge in [0.1, 0.15) is 0 Å². The van der Waals surface area contributed by atoms with E-state index in [0.717, 1.165) is 4.47 Å². The summed E-state index contributed by atoms with van der Waals surface area (Å²) >= 11 is 3.34. The van der Waals surface area contributed by atoms with Crippen LogP contribution in [0, 0.1) is 0 Å². The van der Waals surface area contributed by atoms with Gasteiger partial charge >= 0.3 is 0 Å². The van der Waals surface area contributed by atoms with E-state index in [1.165, 1.54) is 14.2 Å². The summed E-state index contributed by atoms with van der Waals surface area (Å²) in [4.78, 5) is 24.2. The second-order valence-electron chi connectivity index (χ2n) is 5.59. The first kappa shape index (κ1) is 20.4. The van der Waals surface area contributed by atoms with Crippen LogP contribution in [-0.4, -0.2) is 31.7 Å². The van der Waals surface area contributed by atoms with Crippen molar-refractivity contribution in [1.29, 1.82) is 0 Å². The second kappa shape index (κ2) is 9.72. The summed E-state index contributed by atoms with van der Waals surface area (Å²) in [5.74, 6) is 0.334. The van der Waals surface area contributed by atoms with Gasteiger partial charge in [-0.2, -0.15) is 5.10 Å². The van der Waals surface area contributed by atoms with Crippen molar-refractivity contribution in [2.45, 2.75) is 13.3 Å². The van der Waals surface area contributed by atoms with E-state index < -0.39 is 5.91 Å². The first-order chi connectivity index (χ1) is 12.9. The van der Waals surface area contributed by atoms with Gasteiger partial charge in [-0.25, -0.2) is 5.43 Å². The molecule has 0 aromatic heterocycles. The topological polar surface area (TPSA) is 89.0 Å². The normalized spacial score (nSPS) is 10.9. The zero-order chi connectivity index (χ0) is 19.8. The molecular weight excluding hydrogens is 414 g/mol. The fourth-order valence-corrected chi connectivity index (χ4v) is 2.46. The molecule has 0 aliphatic rings. The van der Waals surface area contributed by atoms with Gasteiger partial charge in [0.2, 0.25) is 5.91 Å². The van der Waals surface area contributed by atoms with Crippen molar-refractivity contribution < 1.29 is 19.1 Å². The van der Waals surface area contributed by atoms with Crippen LogP contribution in [0.4, 0.5) is 5.69 Å². The van der Waals surface area contributed by atoms with Gasteiger partial charge in [0.15, 0.2) is 11.5 Å². The Bertz CT molecular complexity index is 851. The molecule has 0 fully saturated rings. The molecule has 0 saturated carbocycles. The summed E-state index contributed by atoms with van der Waals surface area (Å²) in [5, 5.41) is 6.73. The van der Waals surface area contributed by atoms with Crippen LogP contribution in [0.5, 0.6) is 11.5 Å². The van der Waals surface area contributed by atoms with E-state index in [9.17, 15) is 9.59 Å². The Labute approximate surface area is 165 Å². The third kappa shape index (κ3) is 6.10. The molecule has 2 aromatic rings. The third-order valence-corrected chi connectivity index (χ3v) is 4.07. The molecule has 0 bridgehead atoms. The third-order valence-electron chi connectivity index (χ3n) is 3.54. The van der Waals surface area contributed by atoms with E-state index in [-0.39, 0.29) is 12.3 Å². The van der Waals surface area contributed by atoms with Gasteiger partial charge in [-0.3, -0.25) is 9.59 Å². The lowest BCUT2D eigenvalue weighted by molar-refractivity contribution is -0.115. The van der Waals surface area contributed by atoms with Gasteiger partial charge in [-0.05, 0) is 49.4 Å². The van der Waals surface area contributed by atoms with E-state index in [4.69, 9.17) is 9.47 Å². The molecule has 27 heavy (non-hydrogen) atoms. The molecule has 0 aliphatic heterocycles. The minimum Gasteiger partial charge on any atom is -0.493 e. The first-order valence-corrected chi connectivity index (χ1v) is 8.83. The minimum absolute atomic E-state index is 0.0578. The lowest BCUT2D eigenvalue weighted by Crippen LogP contribution is -2.21. The molecule has 0 heterocycles. The summed E-state index contributed by atoms with van der Waals surface area (Å²) in [5.41, 5.74) is 3.95. The number of hydrazone groups is 1. The highest BCUT2D eigenvalue weighted by Crippen LogP contribution is 2.27. The van der Waals surface area contributed by atoms with Crippen LogP contribution in [0.1, 0.15) is 23.7 Å². The van der Waals surface area contributed by atoms with Crippen molar-refractivity contribution in [3.8, 4) is 11.5 Å². The Kier molecular flexibility index (Phi) is 7.36. The van der Waals surface area contributed by atoms with Crippen molar-refractivity contribution >= 4 is 39.1 Å². The number of rotatable bonds is 7. The van der Waals surface area contributed by atoms with Crippen molar-refractivity contribution in [2.24, 2.45) is 5.10 Å². The van der Waals surface area contributed by atoms with Gasteiger partial charge in [-0.15, -0.1) is 0 Å². The van der Waals surface area contributed by atoms with E-state index in [1.54, 1.807) is 37.3 Å². The largest absolute Gasteiger partial charge is 0.493 e. The van der Waals surface area contributed by atoms with Crippen molar-refractivity contribution in [2.75, 3.05) is 19.5 Å². The highest BCUT2D eigenvalue weighted by Gasteiger charge is 2.11. The average molecular weight is 434 g/mol. The summed E-state index contributed by atoms with van der Waals surface area (Å²) in [6, 6.07) is 12.0. The maximum atomic E-state index is 12.2. The molecule has 2 rings (SSSR count). The molecule has 0 spiro atoms. The minimum atomic E-state index is -0.413. The Morgan fingerprint density at radius 2 is 1.70 bits per heavy atom. The molecule has 7 nitrogen and oxygen atoms in total. The van der Waals surface area contributed by atoms with Gasteiger partial charge in [0.05, 0.1) is 20.6 Å². The maximum Gasteiger partial charge on any atom is 0.271 e. The molecule has 8 heteroatoms. The Hall–Kier alpha value is -2.87. The molecule has 2 aromatic carbocycles. The number of hydrogen-bond donors (Lipinski definition) is 2. The summed E-state index contributed by atoms with van der Waals surface area (Å²) in [6.45, 7) is 1.66. The lowest BCUT2D eigenvalue weighted by Gasteiger charge is -2.09. The predicted octanol–water partition coefficient (Wildman–Crippen LogP) is 3.60.